The predicted molar refractivity (Wildman–Crippen MR) is 66.5 cm³/mol. The Hall–Kier alpha value is -1.20. The number of pyridine rings is 1. The maximum atomic E-state index is 13.1. The first kappa shape index (κ1) is 13.9. The van der Waals surface area contributed by atoms with Gasteiger partial charge < -0.3 is 15.4 Å². The minimum absolute atomic E-state index is 0.317. The van der Waals surface area contributed by atoms with Crippen molar-refractivity contribution >= 4 is 5.82 Å². The molecule has 1 rings (SSSR count). The lowest BCUT2D eigenvalue weighted by molar-refractivity contribution is 0.210. The van der Waals surface area contributed by atoms with Crippen molar-refractivity contribution in [1.82, 2.24) is 10.3 Å². The van der Waals surface area contributed by atoms with Crippen LogP contribution in [0.15, 0.2) is 12.3 Å². The van der Waals surface area contributed by atoms with Crippen LogP contribution in [-0.4, -0.2) is 31.3 Å². The van der Waals surface area contributed by atoms with Gasteiger partial charge in [-0.2, -0.15) is 0 Å². The summed E-state index contributed by atoms with van der Waals surface area (Å²) in [6.45, 7) is 5.94. The van der Waals surface area contributed by atoms with Crippen LogP contribution in [0.25, 0.3) is 0 Å². The topological polar surface area (TPSA) is 46.2 Å². The molecule has 0 unspecified atom stereocenters. The molecule has 1 aromatic rings. The van der Waals surface area contributed by atoms with Gasteiger partial charge in [0.1, 0.15) is 11.6 Å². The molecule has 0 aliphatic carbocycles. The average molecular weight is 241 g/mol. The monoisotopic (exact) mass is 241 g/mol. The Morgan fingerprint density at radius 3 is 2.88 bits per heavy atom. The highest BCUT2D eigenvalue weighted by atomic mass is 19.1. The zero-order valence-electron chi connectivity index (χ0n) is 10.6. The minimum Gasteiger partial charge on any atom is -0.383 e. The third-order valence-corrected chi connectivity index (χ3v) is 2.23. The normalized spacial score (nSPS) is 10.9. The second kappa shape index (κ2) is 7.19. The molecule has 0 fully saturated rings. The lowest BCUT2D eigenvalue weighted by Crippen LogP contribution is -2.23. The van der Waals surface area contributed by atoms with Gasteiger partial charge in [-0.3, -0.25) is 0 Å². The zero-order valence-corrected chi connectivity index (χ0v) is 10.6. The van der Waals surface area contributed by atoms with Crippen molar-refractivity contribution in [2.45, 2.75) is 26.4 Å². The Kier molecular flexibility index (Phi) is 5.86. The van der Waals surface area contributed by atoms with E-state index in [2.05, 4.69) is 15.6 Å². The Balaban J connectivity index is 2.66. The van der Waals surface area contributed by atoms with E-state index >= 15 is 0 Å². The van der Waals surface area contributed by atoms with E-state index in [1.54, 1.807) is 7.11 Å². The van der Waals surface area contributed by atoms with Crippen LogP contribution in [0.3, 0.4) is 0 Å². The molecule has 0 radical (unpaired) electrons. The van der Waals surface area contributed by atoms with E-state index in [9.17, 15) is 4.39 Å². The summed E-state index contributed by atoms with van der Waals surface area (Å²) < 4.78 is 18.1. The quantitative estimate of drug-likeness (QED) is 0.714. The summed E-state index contributed by atoms with van der Waals surface area (Å²) in [5.41, 5.74) is 0.829. The molecule has 0 aliphatic heterocycles. The summed E-state index contributed by atoms with van der Waals surface area (Å²) in [5, 5.41) is 6.36. The first-order valence-corrected chi connectivity index (χ1v) is 5.74. The van der Waals surface area contributed by atoms with E-state index in [1.165, 1.54) is 12.3 Å². The third kappa shape index (κ3) is 5.10. The fourth-order valence-electron chi connectivity index (χ4n) is 1.36. The Morgan fingerprint density at radius 2 is 2.24 bits per heavy atom. The Bertz CT molecular complexity index is 345. The number of hydrogen-bond donors (Lipinski definition) is 2. The first-order valence-electron chi connectivity index (χ1n) is 5.74. The van der Waals surface area contributed by atoms with E-state index in [0.29, 0.717) is 31.6 Å². The van der Waals surface area contributed by atoms with Gasteiger partial charge in [0, 0.05) is 31.8 Å². The predicted octanol–water partition coefficient (Wildman–Crippen LogP) is 1.78. The highest BCUT2D eigenvalue weighted by Gasteiger charge is 2.06. The number of ether oxygens (including phenoxy) is 1. The Labute approximate surface area is 102 Å². The summed E-state index contributed by atoms with van der Waals surface area (Å²) in [5.74, 6) is 0.388. The van der Waals surface area contributed by atoms with E-state index in [0.717, 1.165) is 5.56 Å². The van der Waals surface area contributed by atoms with E-state index in [-0.39, 0.29) is 5.82 Å². The summed E-state index contributed by atoms with van der Waals surface area (Å²) in [4.78, 5) is 4.05. The summed E-state index contributed by atoms with van der Waals surface area (Å²) in [6.07, 6.45) is 1.22. The standard InChI is InChI=1S/C12H20FN3O/c1-9(2)15-7-10-6-11(13)8-16-12(10)14-4-5-17-3/h6,8-9,15H,4-5,7H2,1-3H3,(H,14,16). The maximum Gasteiger partial charge on any atom is 0.141 e. The third-order valence-electron chi connectivity index (χ3n) is 2.23. The van der Waals surface area contributed by atoms with Crippen molar-refractivity contribution in [3.05, 3.63) is 23.6 Å². The van der Waals surface area contributed by atoms with Gasteiger partial charge in [-0.25, -0.2) is 9.37 Å². The highest BCUT2D eigenvalue weighted by Crippen LogP contribution is 2.13. The van der Waals surface area contributed by atoms with Crippen molar-refractivity contribution < 1.29 is 9.13 Å². The van der Waals surface area contributed by atoms with Crippen LogP contribution < -0.4 is 10.6 Å². The molecule has 0 bridgehead atoms. The fraction of sp³-hybridized carbons (Fsp3) is 0.583. The largest absolute Gasteiger partial charge is 0.383 e. The molecule has 1 aromatic heterocycles. The van der Waals surface area contributed by atoms with Crippen LogP contribution in [0.5, 0.6) is 0 Å². The van der Waals surface area contributed by atoms with E-state index < -0.39 is 0 Å². The van der Waals surface area contributed by atoms with Crippen molar-refractivity contribution in [1.29, 1.82) is 0 Å². The van der Waals surface area contributed by atoms with Gasteiger partial charge >= 0.3 is 0 Å². The smallest absolute Gasteiger partial charge is 0.141 e. The molecular weight excluding hydrogens is 221 g/mol. The second-order valence-corrected chi connectivity index (χ2v) is 4.12. The Morgan fingerprint density at radius 1 is 1.47 bits per heavy atom. The molecule has 0 saturated carbocycles. The van der Waals surface area contributed by atoms with Crippen molar-refractivity contribution in [3.8, 4) is 0 Å². The molecule has 5 heteroatoms. The lowest BCUT2D eigenvalue weighted by Gasteiger charge is -2.13. The first-order chi connectivity index (χ1) is 8.13. The molecule has 0 spiro atoms. The molecule has 0 saturated heterocycles. The van der Waals surface area contributed by atoms with Crippen LogP contribution in [0.4, 0.5) is 10.2 Å². The van der Waals surface area contributed by atoms with E-state index in [1.807, 2.05) is 13.8 Å². The average Bonchev–Trinajstić information content (AvgIpc) is 2.29. The number of nitrogens with one attached hydrogen (secondary N) is 2. The van der Waals surface area contributed by atoms with Crippen LogP contribution in [0.1, 0.15) is 19.4 Å². The molecule has 0 atom stereocenters. The van der Waals surface area contributed by atoms with Crippen LogP contribution in [-0.2, 0) is 11.3 Å². The zero-order chi connectivity index (χ0) is 12.7. The highest BCUT2D eigenvalue weighted by molar-refractivity contribution is 5.43. The number of rotatable bonds is 7. The van der Waals surface area contributed by atoms with Crippen LogP contribution in [0.2, 0.25) is 0 Å². The number of anilines is 1. The van der Waals surface area contributed by atoms with Crippen molar-refractivity contribution in [2.24, 2.45) is 0 Å². The molecule has 0 amide bonds. The van der Waals surface area contributed by atoms with Crippen molar-refractivity contribution in [2.75, 3.05) is 25.6 Å². The SMILES string of the molecule is COCCNc1ncc(F)cc1CNC(C)C. The molecule has 4 nitrogen and oxygen atoms in total. The molecule has 2 N–H and O–H groups in total. The van der Waals surface area contributed by atoms with Crippen LogP contribution in [0, 0.1) is 5.82 Å². The van der Waals surface area contributed by atoms with Crippen LogP contribution >= 0.6 is 0 Å². The number of halogens is 1. The molecular formula is C12H20FN3O. The van der Waals surface area contributed by atoms with Gasteiger partial charge in [-0.05, 0) is 6.07 Å². The fourth-order valence-corrected chi connectivity index (χ4v) is 1.36. The summed E-state index contributed by atoms with van der Waals surface area (Å²) >= 11 is 0. The maximum absolute atomic E-state index is 13.1. The summed E-state index contributed by atoms with van der Waals surface area (Å²) in [6, 6.07) is 1.85. The molecule has 1 heterocycles. The molecule has 96 valence electrons. The minimum atomic E-state index is -0.317. The molecule has 0 aromatic carbocycles. The number of aromatic nitrogens is 1. The molecule has 17 heavy (non-hydrogen) atoms. The molecule has 0 aliphatic rings. The second-order valence-electron chi connectivity index (χ2n) is 4.12. The van der Waals surface area contributed by atoms with Gasteiger partial charge in [-0.1, -0.05) is 13.8 Å². The number of nitrogens with zero attached hydrogens (tertiary/aromatic N) is 1. The number of hydrogen-bond acceptors (Lipinski definition) is 4. The van der Waals surface area contributed by atoms with Gasteiger partial charge in [0.2, 0.25) is 0 Å². The van der Waals surface area contributed by atoms with Gasteiger partial charge in [0.25, 0.3) is 0 Å². The van der Waals surface area contributed by atoms with E-state index in [4.69, 9.17) is 4.74 Å². The van der Waals surface area contributed by atoms with Crippen molar-refractivity contribution in [3.63, 3.8) is 0 Å². The van der Waals surface area contributed by atoms with Gasteiger partial charge in [0.05, 0.1) is 12.8 Å². The van der Waals surface area contributed by atoms with Gasteiger partial charge in [-0.15, -0.1) is 0 Å². The lowest BCUT2D eigenvalue weighted by atomic mass is 10.2. The number of methoxy groups -OCH3 is 1. The van der Waals surface area contributed by atoms with Gasteiger partial charge in [0.15, 0.2) is 0 Å². The summed E-state index contributed by atoms with van der Waals surface area (Å²) in [7, 11) is 1.64.